The molecule has 1 aromatic heterocycles. The number of carboxylic acid groups (broad SMARTS) is 1. The van der Waals surface area contributed by atoms with Crippen molar-refractivity contribution in [2.45, 2.75) is 39.3 Å². The van der Waals surface area contributed by atoms with Crippen molar-refractivity contribution in [3.8, 4) is 11.1 Å². The lowest BCUT2D eigenvalue weighted by Crippen LogP contribution is -2.34. The van der Waals surface area contributed by atoms with Gasteiger partial charge in [0.2, 0.25) is 0 Å². The number of aromatic nitrogens is 1. The zero-order chi connectivity index (χ0) is 22.1. The third kappa shape index (κ3) is 4.56. The summed E-state index contributed by atoms with van der Waals surface area (Å²) < 4.78 is 19.2. The van der Waals surface area contributed by atoms with Gasteiger partial charge in [0.05, 0.1) is 22.8 Å². The SMILES string of the molecule is CC(NC(=O)OC(C)(C)C)c1nc2ccc(F)cc2c(C(=O)O)c1-c1ccccc1. The van der Waals surface area contributed by atoms with Crippen LogP contribution in [0.4, 0.5) is 9.18 Å². The topological polar surface area (TPSA) is 88.5 Å². The first-order valence-electron chi connectivity index (χ1n) is 9.48. The van der Waals surface area contributed by atoms with Crippen molar-refractivity contribution in [2.75, 3.05) is 0 Å². The van der Waals surface area contributed by atoms with E-state index in [-0.39, 0.29) is 10.9 Å². The maximum atomic E-state index is 13.9. The fourth-order valence-electron chi connectivity index (χ4n) is 3.24. The lowest BCUT2D eigenvalue weighted by molar-refractivity contribution is 0.0507. The number of nitrogens with one attached hydrogen (secondary N) is 1. The molecular weight excluding hydrogens is 387 g/mol. The average Bonchev–Trinajstić information content (AvgIpc) is 2.65. The van der Waals surface area contributed by atoms with Crippen LogP contribution in [0.3, 0.4) is 0 Å². The van der Waals surface area contributed by atoms with E-state index >= 15 is 0 Å². The van der Waals surface area contributed by atoms with E-state index in [4.69, 9.17) is 4.74 Å². The molecule has 156 valence electrons. The van der Waals surface area contributed by atoms with Crippen molar-refractivity contribution in [3.63, 3.8) is 0 Å². The number of hydrogen-bond acceptors (Lipinski definition) is 4. The molecule has 3 aromatic rings. The van der Waals surface area contributed by atoms with E-state index in [2.05, 4.69) is 10.3 Å². The number of pyridine rings is 1. The van der Waals surface area contributed by atoms with Crippen LogP contribution < -0.4 is 5.32 Å². The van der Waals surface area contributed by atoms with Gasteiger partial charge in [-0.25, -0.2) is 19.0 Å². The van der Waals surface area contributed by atoms with Crippen LogP contribution in [0.2, 0.25) is 0 Å². The Balaban J connectivity index is 2.23. The average molecular weight is 410 g/mol. The Kier molecular flexibility index (Phi) is 5.73. The second-order valence-corrected chi connectivity index (χ2v) is 7.95. The van der Waals surface area contributed by atoms with Crippen LogP contribution in [0, 0.1) is 5.82 Å². The zero-order valence-electron chi connectivity index (χ0n) is 17.2. The quantitative estimate of drug-likeness (QED) is 0.607. The van der Waals surface area contributed by atoms with Gasteiger partial charge in [-0.2, -0.15) is 0 Å². The second kappa shape index (κ2) is 8.10. The first-order chi connectivity index (χ1) is 14.1. The van der Waals surface area contributed by atoms with E-state index < -0.39 is 29.5 Å². The number of carbonyl (C=O) groups is 2. The van der Waals surface area contributed by atoms with Gasteiger partial charge in [0.25, 0.3) is 0 Å². The molecule has 7 heteroatoms. The Hall–Kier alpha value is -3.48. The molecule has 0 bridgehead atoms. The number of carbonyl (C=O) groups excluding carboxylic acids is 1. The summed E-state index contributed by atoms with van der Waals surface area (Å²) in [4.78, 5) is 29.1. The van der Waals surface area contributed by atoms with Crippen LogP contribution in [-0.2, 0) is 4.74 Å². The number of nitrogens with zero attached hydrogens (tertiary/aromatic N) is 1. The van der Waals surface area contributed by atoms with Gasteiger partial charge in [-0.1, -0.05) is 30.3 Å². The van der Waals surface area contributed by atoms with Gasteiger partial charge in [-0.3, -0.25) is 0 Å². The predicted molar refractivity (Wildman–Crippen MR) is 112 cm³/mol. The van der Waals surface area contributed by atoms with E-state index in [1.165, 1.54) is 12.1 Å². The number of aromatic carboxylic acids is 1. The highest BCUT2D eigenvalue weighted by atomic mass is 19.1. The number of rotatable bonds is 4. The van der Waals surface area contributed by atoms with Crippen LogP contribution in [0.1, 0.15) is 49.8 Å². The van der Waals surface area contributed by atoms with Gasteiger partial charge in [0.1, 0.15) is 11.4 Å². The molecule has 0 saturated carbocycles. The summed E-state index contributed by atoms with van der Waals surface area (Å²) in [7, 11) is 0. The number of benzene rings is 2. The fraction of sp³-hybridized carbons (Fsp3) is 0.261. The summed E-state index contributed by atoms with van der Waals surface area (Å²) in [6.45, 7) is 6.94. The van der Waals surface area contributed by atoms with Crippen molar-refractivity contribution >= 4 is 23.0 Å². The molecule has 0 aliphatic carbocycles. The van der Waals surface area contributed by atoms with Crippen LogP contribution in [0.5, 0.6) is 0 Å². The van der Waals surface area contributed by atoms with Gasteiger partial charge in [0.15, 0.2) is 0 Å². The normalized spacial score (nSPS) is 12.4. The smallest absolute Gasteiger partial charge is 0.408 e. The molecule has 0 saturated heterocycles. The number of carboxylic acids is 1. The minimum Gasteiger partial charge on any atom is -0.478 e. The molecule has 6 nitrogen and oxygen atoms in total. The minimum atomic E-state index is -1.21. The molecule has 1 heterocycles. The molecule has 0 fully saturated rings. The Bertz CT molecular complexity index is 1110. The summed E-state index contributed by atoms with van der Waals surface area (Å²) in [6.07, 6.45) is -0.646. The first kappa shape index (κ1) is 21.2. The summed E-state index contributed by atoms with van der Waals surface area (Å²) in [5.74, 6) is -1.77. The number of ether oxygens (including phenoxy) is 1. The third-order valence-electron chi connectivity index (χ3n) is 4.39. The highest BCUT2D eigenvalue weighted by molar-refractivity contribution is 6.09. The van der Waals surface area contributed by atoms with Crippen molar-refractivity contribution in [1.82, 2.24) is 10.3 Å². The number of halogens is 1. The van der Waals surface area contributed by atoms with E-state index in [1.54, 1.807) is 58.0 Å². The lowest BCUT2D eigenvalue weighted by atomic mass is 9.92. The van der Waals surface area contributed by atoms with E-state index in [0.29, 0.717) is 22.3 Å². The Labute approximate surface area is 173 Å². The second-order valence-electron chi connectivity index (χ2n) is 7.95. The van der Waals surface area contributed by atoms with Crippen LogP contribution in [0.15, 0.2) is 48.5 Å². The highest BCUT2D eigenvalue weighted by Gasteiger charge is 2.26. The maximum absolute atomic E-state index is 13.9. The molecule has 0 aliphatic heterocycles. The molecule has 1 atom stereocenters. The molecule has 0 radical (unpaired) electrons. The van der Waals surface area contributed by atoms with Crippen molar-refractivity contribution in [1.29, 1.82) is 0 Å². The Morgan fingerprint density at radius 3 is 2.40 bits per heavy atom. The number of hydrogen-bond donors (Lipinski definition) is 2. The van der Waals surface area contributed by atoms with Crippen LogP contribution >= 0.6 is 0 Å². The van der Waals surface area contributed by atoms with Crippen molar-refractivity contribution in [3.05, 3.63) is 65.6 Å². The van der Waals surface area contributed by atoms with Gasteiger partial charge < -0.3 is 15.2 Å². The number of alkyl carbamates (subject to hydrolysis) is 1. The molecule has 1 unspecified atom stereocenters. The van der Waals surface area contributed by atoms with E-state index in [9.17, 15) is 19.1 Å². The monoisotopic (exact) mass is 410 g/mol. The van der Waals surface area contributed by atoms with E-state index in [1.807, 2.05) is 0 Å². The van der Waals surface area contributed by atoms with Gasteiger partial charge >= 0.3 is 12.1 Å². The molecule has 0 aliphatic rings. The molecule has 3 rings (SSSR count). The van der Waals surface area contributed by atoms with Crippen molar-refractivity contribution < 1.29 is 23.8 Å². The first-order valence-corrected chi connectivity index (χ1v) is 9.48. The summed E-state index contributed by atoms with van der Waals surface area (Å²) in [5, 5.41) is 12.9. The largest absolute Gasteiger partial charge is 0.478 e. The van der Waals surface area contributed by atoms with Crippen LogP contribution in [0.25, 0.3) is 22.0 Å². The number of fused-ring (bicyclic) bond motifs is 1. The molecule has 1 amide bonds. The highest BCUT2D eigenvalue weighted by Crippen LogP contribution is 2.35. The minimum absolute atomic E-state index is 0.0708. The summed E-state index contributed by atoms with van der Waals surface area (Å²) in [5.41, 5.74) is 0.835. The van der Waals surface area contributed by atoms with Gasteiger partial charge in [-0.15, -0.1) is 0 Å². The summed E-state index contributed by atoms with van der Waals surface area (Å²) in [6, 6.07) is 12.0. The van der Waals surface area contributed by atoms with Crippen LogP contribution in [-0.4, -0.2) is 27.8 Å². The molecule has 2 aromatic carbocycles. The Morgan fingerprint density at radius 2 is 1.80 bits per heavy atom. The van der Waals surface area contributed by atoms with Gasteiger partial charge in [-0.05, 0) is 51.5 Å². The molecule has 0 spiro atoms. The summed E-state index contributed by atoms with van der Waals surface area (Å²) >= 11 is 0. The standard InChI is InChI=1S/C23H23FN2O4/c1-13(25-22(29)30-23(2,3)4)20-18(14-8-6-5-7-9-14)19(21(27)28)16-12-15(24)10-11-17(16)26-20/h5-13H,1-4H3,(H,25,29)(H,27,28). The maximum Gasteiger partial charge on any atom is 0.408 e. The Morgan fingerprint density at radius 1 is 1.13 bits per heavy atom. The molecular formula is C23H23FN2O4. The van der Waals surface area contributed by atoms with Gasteiger partial charge in [0, 0.05) is 10.9 Å². The van der Waals surface area contributed by atoms with Crippen molar-refractivity contribution in [2.24, 2.45) is 0 Å². The third-order valence-corrected chi connectivity index (χ3v) is 4.39. The molecule has 2 N–H and O–H groups in total. The predicted octanol–water partition coefficient (Wildman–Crippen LogP) is 5.32. The zero-order valence-corrected chi connectivity index (χ0v) is 17.2. The lowest BCUT2D eigenvalue weighted by Gasteiger charge is -2.24. The van der Waals surface area contributed by atoms with E-state index in [0.717, 1.165) is 6.07 Å². The number of amides is 1. The fourth-order valence-corrected chi connectivity index (χ4v) is 3.24. The molecule has 30 heavy (non-hydrogen) atoms.